The van der Waals surface area contributed by atoms with E-state index in [9.17, 15) is 29.6 Å². The molecule has 3 heterocycles. The largest absolute Gasteiger partial charge is 0.472 e. The Morgan fingerprint density at radius 3 is 2.81 bits per heavy atom. The van der Waals surface area contributed by atoms with Crippen molar-refractivity contribution < 1.29 is 48.5 Å². The zero-order chi connectivity index (χ0) is 23.6. The lowest BCUT2D eigenvalue weighted by Gasteiger charge is -2.22. The molecule has 178 valence electrons. The number of nitrogens with two attached hydrogens (primary N) is 1. The van der Waals surface area contributed by atoms with Crippen molar-refractivity contribution in [1.29, 1.82) is 0 Å². The lowest BCUT2D eigenvalue weighted by Crippen LogP contribution is -2.41. The van der Waals surface area contributed by atoms with Crippen LogP contribution in [0, 0.1) is 0 Å². The minimum absolute atomic E-state index is 0.0973. The highest BCUT2D eigenvalue weighted by atomic mass is 31.2. The fourth-order valence-corrected chi connectivity index (χ4v) is 4.00. The first-order valence-electron chi connectivity index (χ1n) is 9.47. The van der Waals surface area contributed by atoms with E-state index in [0.29, 0.717) is 11.2 Å². The van der Waals surface area contributed by atoms with Crippen LogP contribution in [0.1, 0.15) is 19.6 Å². The van der Waals surface area contributed by atoms with Crippen LogP contribution in [0.5, 0.6) is 0 Å². The van der Waals surface area contributed by atoms with E-state index in [1.165, 1.54) is 17.2 Å². The Hall–Kier alpha value is -2.07. The molecule has 15 nitrogen and oxygen atoms in total. The second kappa shape index (κ2) is 9.82. The van der Waals surface area contributed by atoms with E-state index >= 15 is 0 Å². The molecule has 7 N–H and O–H groups in total. The fraction of sp³-hybridized carbons (Fsp3) is 0.625. The minimum Gasteiger partial charge on any atom is -0.394 e. The van der Waals surface area contributed by atoms with Crippen LogP contribution in [-0.4, -0.2) is 94.4 Å². The monoisotopic (exact) mass is 477 g/mol. The number of aromatic nitrogens is 4. The number of fused-ring (bicyclic) bond motifs is 1. The molecule has 1 fully saturated rings. The molecule has 7 atom stereocenters. The molecule has 0 spiro atoms. The van der Waals surface area contributed by atoms with E-state index in [1.807, 2.05) is 0 Å². The van der Waals surface area contributed by atoms with Gasteiger partial charge in [-0.3, -0.25) is 18.4 Å². The maximum Gasteiger partial charge on any atom is 0.472 e. The molecule has 2 unspecified atom stereocenters. The van der Waals surface area contributed by atoms with Gasteiger partial charge in [-0.05, 0) is 6.92 Å². The van der Waals surface area contributed by atoms with Gasteiger partial charge >= 0.3 is 7.82 Å². The third kappa shape index (κ3) is 5.28. The molecule has 1 aliphatic rings. The summed E-state index contributed by atoms with van der Waals surface area (Å²) in [6.45, 7) is -0.385. The van der Waals surface area contributed by atoms with Crippen LogP contribution in [0.15, 0.2) is 12.7 Å². The van der Waals surface area contributed by atoms with Crippen LogP contribution < -0.4 is 5.73 Å². The average molecular weight is 477 g/mol. The normalized spacial score (nSPS) is 26.0. The molecule has 0 amide bonds. The van der Waals surface area contributed by atoms with Crippen molar-refractivity contribution in [2.45, 2.75) is 50.1 Å². The van der Waals surface area contributed by atoms with Gasteiger partial charge in [-0.2, -0.15) is 0 Å². The predicted octanol–water partition coefficient (Wildman–Crippen LogP) is -2.14. The van der Waals surface area contributed by atoms with E-state index in [-0.39, 0.29) is 12.2 Å². The number of ether oxygens (including phenoxy) is 1. The highest BCUT2D eigenvalue weighted by Crippen LogP contribution is 2.46. The number of aliphatic hydroxyl groups is 4. The zero-order valence-electron chi connectivity index (χ0n) is 16.8. The van der Waals surface area contributed by atoms with Crippen LogP contribution in [-0.2, 0) is 23.1 Å². The van der Waals surface area contributed by atoms with Crippen molar-refractivity contribution in [2.24, 2.45) is 0 Å². The predicted molar refractivity (Wildman–Crippen MR) is 105 cm³/mol. The van der Waals surface area contributed by atoms with Crippen LogP contribution in [0.3, 0.4) is 0 Å². The quantitative estimate of drug-likeness (QED) is 0.201. The Morgan fingerprint density at radius 1 is 1.41 bits per heavy atom. The van der Waals surface area contributed by atoms with Crippen LogP contribution in [0.25, 0.3) is 11.2 Å². The van der Waals surface area contributed by atoms with Crippen molar-refractivity contribution in [2.75, 3.05) is 18.9 Å². The molecule has 16 heteroatoms. The Labute approximate surface area is 181 Å². The van der Waals surface area contributed by atoms with Gasteiger partial charge in [-0.25, -0.2) is 19.5 Å². The highest BCUT2D eigenvalue weighted by molar-refractivity contribution is 7.47. The number of Topliss-reactive ketones (excluding diaryl/α,β-unsaturated/α-hetero) is 1. The standard InChI is InChI=1S/C16H24N5O10P/c1-7(13(25)14(26)9(24)3-22)31-32(27,28)29-4-10-8(23)2-11(30-10)21-6-20-12-15(17)18-5-19-16(12)21/h5-11,14,22-24,26H,2-4H2,1H3,(H,27,28)(H2,17,18,19)/t7-,8?,9-,10-,11-,14-/m1/s1. The first-order valence-corrected chi connectivity index (χ1v) is 11.0. The summed E-state index contributed by atoms with van der Waals surface area (Å²) in [5.41, 5.74) is 6.48. The maximum atomic E-state index is 12.2. The number of carbonyl (C=O) groups excluding carboxylic acids is 1. The molecule has 0 radical (unpaired) electrons. The number of carbonyl (C=O) groups is 1. The molecular formula is C16H24N5O10P. The molecule has 1 saturated heterocycles. The number of anilines is 1. The van der Waals surface area contributed by atoms with Gasteiger partial charge in [0, 0.05) is 6.42 Å². The Morgan fingerprint density at radius 2 is 2.12 bits per heavy atom. The van der Waals surface area contributed by atoms with Gasteiger partial charge in [0.05, 0.1) is 25.6 Å². The van der Waals surface area contributed by atoms with Crippen molar-refractivity contribution in [3.8, 4) is 0 Å². The summed E-state index contributed by atoms with van der Waals surface area (Å²) in [5.74, 6) is -0.958. The highest BCUT2D eigenvalue weighted by Gasteiger charge is 2.39. The SMILES string of the molecule is C[C@@H](OP(=O)(O)OC[C@H]1O[C@@H](n2cnc3c(N)ncnc32)CC1O)C(=O)[C@H](O)[C@H](O)CO. The molecule has 2 aromatic rings. The smallest absolute Gasteiger partial charge is 0.394 e. The molecule has 0 aliphatic carbocycles. The maximum absolute atomic E-state index is 12.2. The van der Waals surface area contributed by atoms with Crippen molar-refractivity contribution in [3.05, 3.63) is 12.7 Å². The van der Waals surface area contributed by atoms with E-state index in [0.717, 1.165) is 6.92 Å². The lowest BCUT2D eigenvalue weighted by atomic mass is 10.1. The first-order chi connectivity index (χ1) is 15.0. The Kier molecular flexibility index (Phi) is 7.54. The van der Waals surface area contributed by atoms with Gasteiger partial charge in [0.2, 0.25) is 0 Å². The summed E-state index contributed by atoms with van der Waals surface area (Å²) < 4.78 is 28.9. The fourth-order valence-electron chi connectivity index (χ4n) is 3.10. The van der Waals surface area contributed by atoms with E-state index < -0.39 is 63.6 Å². The Bertz CT molecular complexity index is 1000. The molecular weight excluding hydrogens is 453 g/mol. The summed E-state index contributed by atoms with van der Waals surface area (Å²) in [6.07, 6.45) is -5.47. The third-order valence-electron chi connectivity index (χ3n) is 4.84. The van der Waals surface area contributed by atoms with Crippen LogP contribution in [0.2, 0.25) is 0 Å². The van der Waals surface area contributed by atoms with Crippen molar-refractivity contribution in [3.63, 3.8) is 0 Å². The molecule has 2 aromatic heterocycles. The van der Waals surface area contributed by atoms with Crippen LogP contribution in [0.4, 0.5) is 5.82 Å². The van der Waals surface area contributed by atoms with Crippen molar-refractivity contribution in [1.82, 2.24) is 19.5 Å². The number of aliphatic hydroxyl groups excluding tert-OH is 4. The molecule has 32 heavy (non-hydrogen) atoms. The summed E-state index contributed by atoms with van der Waals surface area (Å²) >= 11 is 0. The van der Waals surface area contributed by atoms with E-state index in [2.05, 4.69) is 19.5 Å². The summed E-state index contributed by atoms with van der Waals surface area (Å²) in [6, 6.07) is 0. The number of hydrogen-bond donors (Lipinski definition) is 6. The molecule has 3 rings (SSSR count). The first kappa shape index (κ1) is 24.6. The second-order valence-corrected chi connectivity index (χ2v) is 8.53. The number of phosphoric ester groups is 1. The summed E-state index contributed by atoms with van der Waals surface area (Å²) in [5, 5.41) is 37.9. The van der Waals surface area contributed by atoms with Gasteiger partial charge in [0.25, 0.3) is 0 Å². The number of nitrogens with zero attached hydrogens (tertiary/aromatic N) is 4. The van der Waals surface area contributed by atoms with Gasteiger partial charge in [0.1, 0.15) is 42.5 Å². The van der Waals surface area contributed by atoms with Gasteiger partial charge in [-0.1, -0.05) is 0 Å². The van der Waals surface area contributed by atoms with E-state index in [4.69, 9.17) is 20.1 Å². The third-order valence-corrected chi connectivity index (χ3v) is 5.90. The number of hydrogen-bond acceptors (Lipinski definition) is 13. The average Bonchev–Trinajstić information content (AvgIpc) is 3.34. The number of imidazole rings is 1. The number of rotatable bonds is 10. The summed E-state index contributed by atoms with van der Waals surface area (Å²) in [7, 11) is -4.81. The second-order valence-electron chi connectivity index (χ2n) is 7.12. The van der Waals surface area contributed by atoms with Gasteiger partial charge < -0.3 is 35.8 Å². The van der Waals surface area contributed by atoms with Gasteiger partial charge in [-0.15, -0.1) is 0 Å². The zero-order valence-corrected chi connectivity index (χ0v) is 17.7. The molecule has 0 aromatic carbocycles. The van der Waals surface area contributed by atoms with E-state index in [1.54, 1.807) is 0 Å². The molecule has 0 bridgehead atoms. The summed E-state index contributed by atoms with van der Waals surface area (Å²) in [4.78, 5) is 33.8. The molecule has 1 aliphatic heterocycles. The Balaban J connectivity index is 1.58. The molecule has 0 saturated carbocycles. The number of nitrogen functional groups attached to an aromatic ring is 1. The van der Waals surface area contributed by atoms with Crippen molar-refractivity contribution >= 4 is 30.6 Å². The lowest BCUT2D eigenvalue weighted by molar-refractivity contribution is -0.142. The number of ketones is 1. The minimum atomic E-state index is -4.81. The topological polar surface area (TPSA) is 233 Å². The van der Waals surface area contributed by atoms with Gasteiger partial charge in [0.15, 0.2) is 17.2 Å². The number of phosphoric acid groups is 1. The van der Waals surface area contributed by atoms with Crippen LogP contribution >= 0.6 is 7.82 Å².